The van der Waals surface area contributed by atoms with Crippen molar-refractivity contribution in [1.29, 1.82) is 0 Å². The molecule has 2 rings (SSSR count). The molecule has 0 radical (unpaired) electrons. The Kier molecular flexibility index (Phi) is 3.26. The van der Waals surface area contributed by atoms with Crippen molar-refractivity contribution in [2.24, 2.45) is 11.1 Å². The number of nitrogens with two attached hydrogens (primary N) is 1. The van der Waals surface area contributed by atoms with Crippen LogP contribution >= 0.6 is 15.9 Å². The first-order chi connectivity index (χ1) is 7.24. The Balaban J connectivity index is 1.88. The van der Waals surface area contributed by atoms with Gasteiger partial charge in [0, 0.05) is 16.1 Å². The van der Waals surface area contributed by atoms with Crippen molar-refractivity contribution in [2.45, 2.75) is 19.3 Å². The van der Waals surface area contributed by atoms with Crippen LogP contribution in [-0.2, 0) is 0 Å². The monoisotopic (exact) mass is 270 g/mol. The van der Waals surface area contributed by atoms with Crippen LogP contribution in [0.15, 0.2) is 22.9 Å². The lowest BCUT2D eigenvalue weighted by Crippen LogP contribution is -2.17. The number of aromatic nitrogens is 1. The highest BCUT2D eigenvalue weighted by Gasteiger charge is 2.42. The lowest BCUT2D eigenvalue weighted by Gasteiger charge is -2.14. The molecular formula is C11H15BrN2O. The van der Waals surface area contributed by atoms with E-state index >= 15 is 0 Å². The molecule has 82 valence electrons. The molecule has 1 aromatic rings. The third-order valence-electron chi connectivity index (χ3n) is 2.86. The van der Waals surface area contributed by atoms with Crippen molar-refractivity contribution in [3.63, 3.8) is 0 Å². The van der Waals surface area contributed by atoms with E-state index in [1.54, 1.807) is 12.4 Å². The number of halogens is 1. The van der Waals surface area contributed by atoms with Crippen LogP contribution in [0.1, 0.15) is 19.3 Å². The molecule has 2 N–H and O–H groups in total. The normalized spacial score (nSPS) is 17.5. The van der Waals surface area contributed by atoms with Gasteiger partial charge in [-0.05, 0) is 47.8 Å². The first-order valence-corrected chi connectivity index (χ1v) is 5.97. The minimum absolute atomic E-state index is 0.358. The van der Waals surface area contributed by atoms with Gasteiger partial charge >= 0.3 is 0 Å². The van der Waals surface area contributed by atoms with Gasteiger partial charge in [-0.2, -0.15) is 0 Å². The number of pyridine rings is 1. The number of rotatable bonds is 5. The molecular weight excluding hydrogens is 256 g/mol. The van der Waals surface area contributed by atoms with Gasteiger partial charge in [0.1, 0.15) is 5.75 Å². The Hall–Kier alpha value is -0.610. The summed E-state index contributed by atoms with van der Waals surface area (Å²) in [5.41, 5.74) is 5.93. The molecule has 1 aliphatic rings. The van der Waals surface area contributed by atoms with Crippen LogP contribution in [0.3, 0.4) is 0 Å². The second-order valence-electron chi connectivity index (χ2n) is 4.17. The minimum atomic E-state index is 0.358. The van der Waals surface area contributed by atoms with Crippen molar-refractivity contribution >= 4 is 15.9 Å². The number of ether oxygens (including phenoxy) is 1. The molecule has 1 aromatic heterocycles. The fraction of sp³-hybridized carbons (Fsp3) is 0.545. The zero-order valence-electron chi connectivity index (χ0n) is 8.58. The molecule has 0 unspecified atom stereocenters. The summed E-state index contributed by atoms with van der Waals surface area (Å²) in [5, 5.41) is 0. The van der Waals surface area contributed by atoms with Crippen molar-refractivity contribution in [1.82, 2.24) is 4.98 Å². The summed E-state index contributed by atoms with van der Waals surface area (Å²) in [7, 11) is 0. The number of nitrogens with zero attached hydrogens (tertiary/aromatic N) is 1. The third-order valence-corrected chi connectivity index (χ3v) is 3.29. The quantitative estimate of drug-likeness (QED) is 0.894. The maximum absolute atomic E-state index is 5.72. The van der Waals surface area contributed by atoms with E-state index in [0.29, 0.717) is 5.41 Å². The number of hydrogen-bond acceptors (Lipinski definition) is 3. The molecule has 15 heavy (non-hydrogen) atoms. The lowest BCUT2D eigenvalue weighted by atomic mass is 10.0. The highest BCUT2D eigenvalue weighted by Crippen LogP contribution is 2.48. The summed E-state index contributed by atoms with van der Waals surface area (Å²) in [4.78, 5) is 4.05. The number of hydrogen-bond donors (Lipinski definition) is 1. The van der Waals surface area contributed by atoms with E-state index in [1.807, 2.05) is 6.07 Å². The Labute approximate surface area is 98.2 Å². The van der Waals surface area contributed by atoms with E-state index in [2.05, 4.69) is 20.9 Å². The minimum Gasteiger partial charge on any atom is -0.491 e. The van der Waals surface area contributed by atoms with Crippen LogP contribution in [0, 0.1) is 5.41 Å². The zero-order chi connectivity index (χ0) is 10.7. The second-order valence-corrected chi connectivity index (χ2v) is 5.08. The van der Waals surface area contributed by atoms with E-state index in [1.165, 1.54) is 12.8 Å². The van der Waals surface area contributed by atoms with Gasteiger partial charge < -0.3 is 10.5 Å². The fourth-order valence-corrected chi connectivity index (χ4v) is 2.00. The first kappa shape index (κ1) is 10.9. The molecule has 0 bridgehead atoms. The predicted octanol–water partition coefficient (Wildman–Crippen LogP) is 2.35. The molecule has 0 saturated heterocycles. The third kappa shape index (κ3) is 2.92. The van der Waals surface area contributed by atoms with Gasteiger partial charge in [0.2, 0.25) is 0 Å². The Morgan fingerprint density at radius 1 is 1.47 bits per heavy atom. The van der Waals surface area contributed by atoms with Gasteiger partial charge in [0.25, 0.3) is 0 Å². The molecule has 0 spiro atoms. The second kappa shape index (κ2) is 4.49. The van der Waals surface area contributed by atoms with Gasteiger partial charge in [-0.1, -0.05) is 0 Å². The molecule has 0 amide bonds. The summed E-state index contributed by atoms with van der Waals surface area (Å²) in [6, 6.07) is 1.94. The molecule has 1 saturated carbocycles. The molecule has 1 aliphatic carbocycles. The van der Waals surface area contributed by atoms with E-state index in [9.17, 15) is 0 Å². The van der Waals surface area contributed by atoms with Gasteiger partial charge in [-0.3, -0.25) is 4.98 Å². The van der Waals surface area contributed by atoms with Crippen molar-refractivity contribution in [2.75, 3.05) is 13.2 Å². The fourth-order valence-electron chi connectivity index (χ4n) is 1.66. The van der Waals surface area contributed by atoms with Crippen LogP contribution < -0.4 is 10.5 Å². The van der Waals surface area contributed by atoms with Crippen molar-refractivity contribution in [3.8, 4) is 5.75 Å². The van der Waals surface area contributed by atoms with Crippen LogP contribution in [-0.4, -0.2) is 18.1 Å². The Morgan fingerprint density at radius 3 is 2.87 bits per heavy atom. The van der Waals surface area contributed by atoms with Gasteiger partial charge in [0.15, 0.2) is 0 Å². The van der Waals surface area contributed by atoms with E-state index in [0.717, 1.165) is 29.8 Å². The SMILES string of the molecule is NCCC1(COc2cncc(Br)c2)CC1. The van der Waals surface area contributed by atoms with Crippen LogP contribution in [0.4, 0.5) is 0 Å². The smallest absolute Gasteiger partial charge is 0.138 e. The van der Waals surface area contributed by atoms with Gasteiger partial charge in [-0.15, -0.1) is 0 Å². The van der Waals surface area contributed by atoms with Crippen molar-refractivity contribution < 1.29 is 4.74 Å². The highest BCUT2D eigenvalue weighted by molar-refractivity contribution is 9.10. The summed E-state index contributed by atoms with van der Waals surface area (Å²) in [5.74, 6) is 0.827. The summed E-state index contributed by atoms with van der Waals surface area (Å²) < 4.78 is 6.67. The molecule has 0 atom stereocenters. The van der Waals surface area contributed by atoms with Crippen LogP contribution in [0.2, 0.25) is 0 Å². The lowest BCUT2D eigenvalue weighted by molar-refractivity contribution is 0.226. The van der Waals surface area contributed by atoms with Crippen molar-refractivity contribution in [3.05, 3.63) is 22.9 Å². The topological polar surface area (TPSA) is 48.1 Å². The highest BCUT2D eigenvalue weighted by atomic mass is 79.9. The van der Waals surface area contributed by atoms with E-state index in [-0.39, 0.29) is 0 Å². The molecule has 3 nitrogen and oxygen atoms in total. The Morgan fingerprint density at radius 2 is 2.27 bits per heavy atom. The van der Waals surface area contributed by atoms with Gasteiger partial charge in [-0.25, -0.2) is 0 Å². The van der Waals surface area contributed by atoms with Crippen LogP contribution in [0.5, 0.6) is 5.75 Å². The van der Waals surface area contributed by atoms with Crippen LogP contribution in [0.25, 0.3) is 0 Å². The summed E-state index contributed by atoms with van der Waals surface area (Å²) >= 11 is 3.37. The van der Waals surface area contributed by atoms with Gasteiger partial charge in [0.05, 0.1) is 12.8 Å². The molecule has 1 fully saturated rings. The average molecular weight is 271 g/mol. The maximum Gasteiger partial charge on any atom is 0.138 e. The standard InChI is InChI=1S/C11H15BrN2O/c12-9-5-10(7-14-6-9)15-8-11(1-2-11)3-4-13/h5-7H,1-4,8,13H2. The summed E-state index contributed by atoms with van der Waals surface area (Å²) in [6.07, 6.45) is 7.04. The Bertz CT molecular complexity index is 339. The summed E-state index contributed by atoms with van der Waals surface area (Å²) in [6.45, 7) is 1.52. The largest absolute Gasteiger partial charge is 0.491 e. The predicted molar refractivity (Wildman–Crippen MR) is 62.8 cm³/mol. The van der Waals surface area contributed by atoms with E-state index in [4.69, 9.17) is 10.5 Å². The molecule has 1 heterocycles. The van der Waals surface area contributed by atoms with E-state index < -0.39 is 0 Å². The molecule has 0 aliphatic heterocycles. The molecule has 0 aromatic carbocycles. The average Bonchev–Trinajstić information content (AvgIpc) is 2.97. The zero-order valence-corrected chi connectivity index (χ0v) is 10.2. The maximum atomic E-state index is 5.72. The first-order valence-electron chi connectivity index (χ1n) is 5.18. The molecule has 4 heteroatoms.